The summed E-state index contributed by atoms with van der Waals surface area (Å²) in [6.07, 6.45) is 0. The Morgan fingerprint density at radius 1 is 1.05 bits per heavy atom. The van der Waals surface area contributed by atoms with Gasteiger partial charge in [-0.3, -0.25) is 10.2 Å². The molecule has 5 heteroatoms. The number of aryl methyl sites for hydroxylation is 1. The van der Waals surface area contributed by atoms with E-state index in [1.165, 1.54) is 17.7 Å². The summed E-state index contributed by atoms with van der Waals surface area (Å²) in [5.74, 6) is 0.141. The lowest BCUT2D eigenvalue weighted by molar-refractivity contribution is 0.0963. The molecule has 21 heavy (non-hydrogen) atoms. The largest absolute Gasteiger partial charge is 0.508 e. The summed E-state index contributed by atoms with van der Waals surface area (Å²) in [5, 5.41) is 18.4. The van der Waals surface area contributed by atoms with Crippen molar-refractivity contribution in [3.05, 3.63) is 65.2 Å². The maximum atomic E-state index is 10.9. The van der Waals surface area contributed by atoms with E-state index >= 15 is 0 Å². The first kappa shape index (κ1) is 16.2. The van der Waals surface area contributed by atoms with Gasteiger partial charge in [-0.25, -0.2) is 0 Å². The summed E-state index contributed by atoms with van der Waals surface area (Å²) >= 11 is 0. The molecular weight excluding hydrogens is 266 g/mol. The van der Waals surface area contributed by atoms with Crippen molar-refractivity contribution >= 4 is 11.7 Å². The fourth-order valence-corrected chi connectivity index (χ4v) is 1.49. The van der Waals surface area contributed by atoms with Crippen LogP contribution < -0.4 is 11.1 Å². The quantitative estimate of drug-likeness (QED) is 0.502. The van der Waals surface area contributed by atoms with Crippen molar-refractivity contribution in [3.63, 3.8) is 0 Å². The second-order valence-corrected chi connectivity index (χ2v) is 4.41. The minimum atomic E-state index is -0.148. The Kier molecular flexibility index (Phi) is 5.95. The molecule has 110 valence electrons. The number of nitrogens with one attached hydrogen (secondary N) is 2. The van der Waals surface area contributed by atoms with Gasteiger partial charge in [-0.1, -0.05) is 29.8 Å². The first-order chi connectivity index (χ1) is 9.93. The molecule has 0 aliphatic heterocycles. The van der Waals surface area contributed by atoms with Gasteiger partial charge in [0.2, 0.25) is 0 Å². The van der Waals surface area contributed by atoms with E-state index in [-0.39, 0.29) is 17.5 Å². The van der Waals surface area contributed by atoms with Crippen LogP contribution in [0.1, 0.15) is 21.5 Å². The maximum absolute atomic E-state index is 10.9. The predicted molar refractivity (Wildman–Crippen MR) is 83.7 cm³/mol. The average Bonchev–Trinajstić information content (AvgIpc) is 2.48. The molecule has 0 radical (unpaired) electrons. The van der Waals surface area contributed by atoms with Gasteiger partial charge in [-0.05, 0) is 31.2 Å². The van der Waals surface area contributed by atoms with Gasteiger partial charge in [0.25, 0.3) is 5.91 Å². The molecule has 2 aromatic rings. The van der Waals surface area contributed by atoms with E-state index in [1.54, 1.807) is 19.2 Å². The third-order valence-corrected chi connectivity index (χ3v) is 2.72. The van der Waals surface area contributed by atoms with Crippen LogP contribution in [0.3, 0.4) is 0 Å². The minimum Gasteiger partial charge on any atom is -0.508 e. The van der Waals surface area contributed by atoms with Crippen molar-refractivity contribution in [3.8, 4) is 5.75 Å². The van der Waals surface area contributed by atoms with Gasteiger partial charge in [-0.15, -0.1) is 0 Å². The van der Waals surface area contributed by atoms with Gasteiger partial charge in [0.1, 0.15) is 11.6 Å². The number of carbonyl (C=O) groups is 1. The molecule has 0 atom stereocenters. The molecule has 0 saturated carbocycles. The van der Waals surface area contributed by atoms with Crippen molar-refractivity contribution in [1.82, 2.24) is 5.32 Å². The normalized spacial score (nSPS) is 9.24. The van der Waals surface area contributed by atoms with Gasteiger partial charge >= 0.3 is 0 Å². The second kappa shape index (κ2) is 7.69. The molecule has 0 aliphatic carbocycles. The number of amidine groups is 1. The van der Waals surface area contributed by atoms with Gasteiger partial charge in [0.05, 0.1) is 0 Å². The Hall–Kier alpha value is -2.82. The summed E-state index contributed by atoms with van der Waals surface area (Å²) in [7, 11) is 1.56. The molecule has 0 bridgehead atoms. The van der Waals surface area contributed by atoms with E-state index in [9.17, 15) is 4.79 Å². The lowest BCUT2D eigenvalue weighted by Crippen LogP contribution is -2.17. The van der Waals surface area contributed by atoms with E-state index < -0.39 is 0 Å². The first-order valence-corrected chi connectivity index (χ1v) is 6.36. The van der Waals surface area contributed by atoms with Crippen molar-refractivity contribution in [2.24, 2.45) is 5.73 Å². The van der Waals surface area contributed by atoms with Gasteiger partial charge in [-0.2, -0.15) is 0 Å². The second-order valence-electron chi connectivity index (χ2n) is 4.41. The minimum absolute atomic E-state index is 0.125. The summed E-state index contributed by atoms with van der Waals surface area (Å²) < 4.78 is 0. The molecule has 0 unspecified atom stereocenters. The monoisotopic (exact) mass is 285 g/mol. The SMILES string of the molecule is CNC(=O)c1ccc(O)cc1.Cc1ccc(C(=N)N)cc1. The Labute approximate surface area is 123 Å². The van der Waals surface area contributed by atoms with Crippen molar-refractivity contribution < 1.29 is 9.90 Å². The number of carbonyl (C=O) groups excluding carboxylic acids is 1. The lowest BCUT2D eigenvalue weighted by atomic mass is 10.1. The third-order valence-electron chi connectivity index (χ3n) is 2.72. The van der Waals surface area contributed by atoms with E-state index in [1.807, 2.05) is 31.2 Å². The Morgan fingerprint density at radius 3 is 1.95 bits per heavy atom. The van der Waals surface area contributed by atoms with Crippen LogP contribution in [0.4, 0.5) is 0 Å². The Morgan fingerprint density at radius 2 is 1.52 bits per heavy atom. The van der Waals surface area contributed by atoms with Crippen molar-refractivity contribution in [2.75, 3.05) is 7.05 Å². The summed E-state index contributed by atoms with van der Waals surface area (Å²) in [4.78, 5) is 10.9. The number of hydrogen-bond donors (Lipinski definition) is 4. The Balaban J connectivity index is 0.000000211. The van der Waals surface area contributed by atoms with E-state index in [0.29, 0.717) is 5.56 Å². The number of nitrogen functional groups attached to an aromatic ring is 1. The number of aromatic hydroxyl groups is 1. The molecule has 2 rings (SSSR count). The molecule has 5 nitrogen and oxygen atoms in total. The highest BCUT2D eigenvalue weighted by Crippen LogP contribution is 2.08. The zero-order valence-corrected chi connectivity index (χ0v) is 12.1. The van der Waals surface area contributed by atoms with Crippen LogP contribution in [0.25, 0.3) is 0 Å². The smallest absolute Gasteiger partial charge is 0.251 e. The molecule has 0 spiro atoms. The van der Waals surface area contributed by atoms with Crippen LogP contribution in [-0.4, -0.2) is 23.9 Å². The molecule has 0 aliphatic rings. The number of rotatable bonds is 2. The van der Waals surface area contributed by atoms with Crippen molar-refractivity contribution in [2.45, 2.75) is 6.92 Å². The molecule has 0 heterocycles. The highest BCUT2D eigenvalue weighted by molar-refractivity contribution is 5.95. The molecule has 1 amide bonds. The number of phenolic OH excluding ortho intramolecular Hbond substituents is 1. The topological polar surface area (TPSA) is 99.2 Å². The summed E-state index contributed by atoms with van der Waals surface area (Å²) in [6, 6.07) is 13.7. The summed E-state index contributed by atoms with van der Waals surface area (Å²) in [6.45, 7) is 2.00. The molecular formula is C16H19N3O2. The molecule has 0 fully saturated rings. The molecule has 0 aromatic heterocycles. The van der Waals surface area contributed by atoms with E-state index in [0.717, 1.165) is 5.56 Å². The highest BCUT2D eigenvalue weighted by Gasteiger charge is 2.00. The lowest BCUT2D eigenvalue weighted by Gasteiger charge is -1.97. The zero-order chi connectivity index (χ0) is 15.8. The van der Waals surface area contributed by atoms with Crippen LogP contribution in [0, 0.1) is 12.3 Å². The van der Waals surface area contributed by atoms with Gasteiger partial charge < -0.3 is 16.2 Å². The standard InChI is InChI=1S/C8H10N2.C8H9NO2/c1-6-2-4-7(5-3-6)8(9)10;1-9-8(11)6-2-4-7(10)5-3-6/h2-5H,1H3,(H3,9,10);2-5,10H,1H3,(H,9,11). The molecule has 5 N–H and O–H groups in total. The fourth-order valence-electron chi connectivity index (χ4n) is 1.49. The van der Waals surface area contributed by atoms with Crippen LogP contribution in [0.2, 0.25) is 0 Å². The first-order valence-electron chi connectivity index (χ1n) is 6.36. The molecule has 0 saturated heterocycles. The zero-order valence-electron chi connectivity index (χ0n) is 12.1. The Bertz CT molecular complexity index is 604. The third kappa shape index (κ3) is 5.36. The highest BCUT2D eigenvalue weighted by atomic mass is 16.3. The van der Waals surface area contributed by atoms with Gasteiger partial charge in [0, 0.05) is 18.2 Å². The van der Waals surface area contributed by atoms with E-state index in [4.69, 9.17) is 16.2 Å². The maximum Gasteiger partial charge on any atom is 0.251 e. The number of amides is 1. The average molecular weight is 285 g/mol. The van der Waals surface area contributed by atoms with E-state index in [2.05, 4.69) is 5.32 Å². The number of nitrogens with two attached hydrogens (primary N) is 1. The number of phenols is 1. The number of hydrogen-bond acceptors (Lipinski definition) is 3. The van der Waals surface area contributed by atoms with Crippen LogP contribution in [0.5, 0.6) is 5.75 Å². The van der Waals surface area contributed by atoms with Gasteiger partial charge in [0.15, 0.2) is 0 Å². The fraction of sp³-hybridized carbons (Fsp3) is 0.125. The predicted octanol–water partition coefficient (Wildman–Crippen LogP) is 2.03. The molecule has 2 aromatic carbocycles. The number of benzene rings is 2. The van der Waals surface area contributed by atoms with Crippen LogP contribution in [0.15, 0.2) is 48.5 Å². The van der Waals surface area contributed by atoms with Crippen LogP contribution in [-0.2, 0) is 0 Å². The van der Waals surface area contributed by atoms with Crippen molar-refractivity contribution in [1.29, 1.82) is 5.41 Å². The van der Waals surface area contributed by atoms with Crippen LogP contribution >= 0.6 is 0 Å². The summed E-state index contributed by atoms with van der Waals surface area (Å²) in [5.41, 5.74) is 7.76.